The first-order chi connectivity index (χ1) is 13.1. The molecule has 1 unspecified atom stereocenters. The summed E-state index contributed by atoms with van der Waals surface area (Å²) in [5.41, 5.74) is 1.70. The predicted molar refractivity (Wildman–Crippen MR) is 99.1 cm³/mol. The Bertz CT molecular complexity index is 1040. The average molecular weight is 363 g/mol. The Balaban J connectivity index is 1.91. The van der Waals surface area contributed by atoms with Crippen molar-refractivity contribution in [2.45, 2.75) is 6.17 Å². The molecule has 1 amide bonds. The number of benzene rings is 3. The third kappa shape index (κ3) is 2.89. The molecule has 0 saturated heterocycles. The van der Waals surface area contributed by atoms with Crippen LogP contribution >= 0.6 is 0 Å². The summed E-state index contributed by atoms with van der Waals surface area (Å²) < 4.78 is 13.4. The number of amides is 1. The molecule has 6 nitrogen and oxygen atoms in total. The van der Waals surface area contributed by atoms with Crippen LogP contribution in [0.15, 0.2) is 72.8 Å². The van der Waals surface area contributed by atoms with Crippen LogP contribution < -0.4 is 10.2 Å². The fraction of sp³-hybridized carbons (Fsp3) is 0.0500. The zero-order chi connectivity index (χ0) is 19.0. The van der Waals surface area contributed by atoms with Crippen molar-refractivity contribution < 1.29 is 14.1 Å². The van der Waals surface area contributed by atoms with E-state index in [-0.39, 0.29) is 11.6 Å². The summed E-state index contributed by atoms with van der Waals surface area (Å²) in [6.45, 7) is 0. The number of nitrogens with zero attached hydrogens (tertiary/aromatic N) is 2. The Hall–Kier alpha value is -3.74. The minimum Gasteiger partial charge on any atom is -0.360 e. The van der Waals surface area contributed by atoms with Gasteiger partial charge < -0.3 is 5.32 Å². The lowest BCUT2D eigenvalue weighted by Crippen LogP contribution is -2.43. The van der Waals surface area contributed by atoms with Crippen LogP contribution in [-0.4, -0.2) is 10.8 Å². The first kappa shape index (κ1) is 16.7. The van der Waals surface area contributed by atoms with Gasteiger partial charge in [0.15, 0.2) is 0 Å². The van der Waals surface area contributed by atoms with Crippen molar-refractivity contribution in [2.24, 2.45) is 0 Å². The average Bonchev–Trinajstić information content (AvgIpc) is 2.69. The molecule has 0 aliphatic carbocycles. The van der Waals surface area contributed by atoms with E-state index in [4.69, 9.17) is 0 Å². The number of halogens is 1. The lowest BCUT2D eigenvalue weighted by molar-refractivity contribution is -0.385. The Labute approximate surface area is 154 Å². The number of nitro benzene ring substituents is 1. The summed E-state index contributed by atoms with van der Waals surface area (Å²) in [5, 5.41) is 14.7. The van der Waals surface area contributed by atoms with Gasteiger partial charge in [0.2, 0.25) is 0 Å². The number of para-hydroxylation sites is 2. The Morgan fingerprint density at radius 3 is 2.37 bits per heavy atom. The topological polar surface area (TPSA) is 75.5 Å². The molecule has 0 aromatic heterocycles. The molecule has 27 heavy (non-hydrogen) atoms. The van der Waals surface area contributed by atoms with Crippen LogP contribution in [0.3, 0.4) is 0 Å². The van der Waals surface area contributed by atoms with Gasteiger partial charge in [-0.25, -0.2) is 4.39 Å². The minimum atomic E-state index is -0.806. The smallest absolute Gasteiger partial charge is 0.276 e. The number of nitro groups is 1. The molecule has 7 heteroatoms. The minimum absolute atomic E-state index is 0.103. The lowest BCUT2D eigenvalue weighted by Gasteiger charge is -2.37. The Morgan fingerprint density at radius 1 is 0.963 bits per heavy atom. The highest BCUT2D eigenvalue weighted by atomic mass is 19.1. The van der Waals surface area contributed by atoms with Gasteiger partial charge in [-0.2, -0.15) is 0 Å². The molecule has 1 heterocycles. The second-order valence-corrected chi connectivity index (χ2v) is 6.06. The van der Waals surface area contributed by atoms with E-state index in [1.54, 1.807) is 42.5 Å². The summed E-state index contributed by atoms with van der Waals surface area (Å²) >= 11 is 0. The number of nitrogens with one attached hydrogen (secondary N) is 1. The molecule has 0 radical (unpaired) electrons. The second kappa shape index (κ2) is 6.53. The fourth-order valence-corrected chi connectivity index (χ4v) is 3.22. The first-order valence-corrected chi connectivity index (χ1v) is 8.24. The second-order valence-electron chi connectivity index (χ2n) is 6.06. The summed E-state index contributed by atoms with van der Waals surface area (Å²) in [7, 11) is 0. The van der Waals surface area contributed by atoms with Gasteiger partial charge in [0.05, 0.1) is 16.1 Å². The number of fused-ring (bicyclic) bond motifs is 1. The molecule has 3 aromatic carbocycles. The highest BCUT2D eigenvalue weighted by Gasteiger charge is 2.37. The number of hydrogen-bond donors (Lipinski definition) is 1. The van der Waals surface area contributed by atoms with Crippen LogP contribution in [0.1, 0.15) is 22.1 Å². The van der Waals surface area contributed by atoms with E-state index in [0.717, 1.165) is 0 Å². The van der Waals surface area contributed by atoms with E-state index < -0.39 is 16.9 Å². The van der Waals surface area contributed by atoms with Crippen molar-refractivity contribution in [3.05, 3.63) is 99.9 Å². The standard InChI is InChI=1S/C20H14FN3O3/c21-13-9-11-14(12-10-13)23-19(16-6-2-4-8-18(16)24(26)27)22-17-7-3-1-5-15(17)20(23)25/h1-12,19,22H. The molecule has 4 rings (SSSR count). The van der Waals surface area contributed by atoms with E-state index >= 15 is 0 Å². The maximum absolute atomic E-state index is 13.4. The van der Waals surface area contributed by atoms with E-state index in [1.165, 1.54) is 35.2 Å². The zero-order valence-electron chi connectivity index (χ0n) is 14.0. The number of carbonyl (C=O) groups is 1. The zero-order valence-corrected chi connectivity index (χ0v) is 14.0. The van der Waals surface area contributed by atoms with Crippen molar-refractivity contribution in [1.82, 2.24) is 0 Å². The maximum atomic E-state index is 13.4. The Kier molecular flexibility index (Phi) is 4.04. The number of carbonyl (C=O) groups excluding carboxylic acids is 1. The molecular formula is C20H14FN3O3. The van der Waals surface area contributed by atoms with Gasteiger partial charge in [-0.15, -0.1) is 0 Å². The van der Waals surface area contributed by atoms with Crippen molar-refractivity contribution in [3.63, 3.8) is 0 Å². The number of rotatable bonds is 3. The van der Waals surface area contributed by atoms with Gasteiger partial charge in [0, 0.05) is 17.4 Å². The van der Waals surface area contributed by atoms with Crippen LogP contribution in [-0.2, 0) is 0 Å². The van der Waals surface area contributed by atoms with Crippen molar-refractivity contribution in [2.75, 3.05) is 10.2 Å². The van der Waals surface area contributed by atoms with Gasteiger partial charge in [-0.1, -0.05) is 24.3 Å². The van der Waals surface area contributed by atoms with Gasteiger partial charge in [-0.05, 0) is 42.5 Å². The molecule has 3 aromatic rings. The number of hydrogen-bond acceptors (Lipinski definition) is 4. The van der Waals surface area contributed by atoms with Crippen molar-refractivity contribution in [1.29, 1.82) is 0 Å². The summed E-state index contributed by atoms with van der Waals surface area (Å²) in [5.74, 6) is -0.752. The third-order valence-corrected chi connectivity index (χ3v) is 4.46. The largest absolute Gasteiger partial charge is 0.360 e. The SMILES string of the molecule is O=C1c2ccccc2NC(c2ccccc2[N+](=O)[O-])N1c1ccc(F)cc1. The van der Waals surface area contributed by atoms with Crippen LogP contribution in [0.4, 0.5) is 21.5 Å². The maximum Gasteiger partial charge on any atom is 0.276 e. The molecule has 0 bridgehead atoms. The summed E-state index contributed by atoms with van der Waals surface area (Å²) in [4.78, 5) is 25.6. The highest BCUT2D eigenvalue weighted by molar-refractivity contribution is 6.12. The molecule has 1 aliphatic heterocycles. The van der Waals surface area contributed by atoms with Gasteiger partial charge in [0.1, 0.15) is 12.0 Å². The van der Waals surface area contributed by atoms with Crippen molar-refractivity contribution in [3.8, 4) is 0 Å². The van der Waals surface area contributed by atoms with Crippen LogP contribution in [0.2, 0.25) is 0 Å². The molecular weight excluding hydrogens is 349 g/mol. The van der Waals surface area contributed by atoms with E-state index in [9.17, 15) is 19.3 Å². The van der Waals surface area contributed by atoms with Gasteiger partial charge in [-0.3, -0.25) is 19.8 Å². The predicted octanol–water partition coefficient (Wildman–Crippen LogP) is 4.51. The lowest BCUT2D eigenvalue weighted by atomic mass is 10.0. The third-order valence-electron chi connectivity index (χ3n) is 4.46. The van der Waals surface area contributed by atoms with Crippen LogP contribution in [0.25, 0.3) is 0 Å². The van der Waals surface area contributed by atoms with Gasteiger partial charge >= 0.3 is 0 Å². The monoisotopic (exact) mass is 363 g/mol. The molecule has 0 spiro atoms. The van der Waals surface area contributed by atoms with E-state index in [1.807, 2.05) is 0 Å². The van der Waals surface area contributed by atoms with Crippen LogP contribution in [0, 0.1) is 15.9 Å². The van der Waals surface area contributed by atoms with Crippen molar-refractivity contribution >= 4 is 23.0 Å². The molecule has 134 valence electrons. The van der Waals surface area contributed by atoms with Crippen LogP contribution in [0.5, 0.6) is 0 Å². The Morgan fingerprint density at radius 2 is 1.63 bits per heavy atom. The fourth-order valence-electron chi connectivity index (χ4n) is 3.22. The van der Waals surface area contributed by atoms with E-state index in [0.29, 0.717) is 22.5 Å². The molecule has 1 atom stereocenters. The molecule has 1 N–H and O–H groups in total. The first-order valence-electron chi connectivity index (χ1n) is 8.24. The molecule has 0 fully saturated rings. The summed E-state index contributed by atoms with van der Waals surface area (Å²) in [6, 6.07) is 18.6. The molecule has 1 aliphatic rings. The highest BCUT2D eigenvalue weighted by Crippen LogP contribution is 2.39. The summed E-state index contributed by atoms with van der Waals surface area (Å²) in [6.07, 6.45) is -0.806. The van der Waals surface area contributed by atoms with E-state index in [2.05, 4.69) is 5.32 Å². The molecule has 0 saturated carbocycles. The number of anilines is 2. The normalized spacial score (nSPS) is 15.8. The van der Waals surface area contributed by atoms with Gasteiger partial charge in [0.25, 0.3) is 11.6 Å². The quantitative estimate of drug-likeness (QED) is 0.549.